The summed E-state index contributed by atoms with van der Waals surface area (Å²) >= 11 is 5.89. The number of carbonyl (C=O) groups is 2. The van der Waals surface area contributed by atoms with Crippen LogP contribution in [0.3, 0.4) is 0 Å². The van der Waals surface area contributed by atoms with E-state index in [1.165, 1.54) is 0 Å². The molecule has 0 unspecified atom stereocenters. The van der Waals surface area contributed by atoms with E-state index in [9.17, 15) is 9.59 Å². The smallest absolute Gasteiger partial charge is 0.324 e. The Morgan fingerprint density at radius 2 is 1.76 bits per heavy atom. The maximum absolute atomic E-state index is 12.2. The number of hydrogen-bond donors (Lipinski definition) is 2. The molecule has 4 amide bonds. The van der Waals surface area contributed by atoms with Crippen LogP contribution in [0.1, 0.15) is 6.42 Å². The van der Waals surface area contributed by atoms with Crippen LogP contribution >= 0.6 is 11.6 Å². The van der Waals surface area contributed by atoms with E-state index in [1.54, 1.807) is 53.2 Å². The Balaban J connectivity index is 1.62. The first-order valence-electron chi connectivity index (χ1n) is 7.99. The van der Waals surface area contributed by atoms with E-state index < -0.39 is 0 Å². The Morgan fingerprint density at radius 3 is 2.48 bits per heavy atom. The lowest BCUT2D eigenvalue weighted by Gasteiger charge is -2.33. The van der Waals surface area contributed by atoms with Gasteiger partial charge in [0.05, 0.1) is 0 Å². The highest BCUT2D eigenvalue weighted by Crippen LogP contribution is 2.22. The van der Waals surface area contributed by atoms with Crippen molar-refractivity contribution in [1.82, 2.24) is 4.90 Å². The van der Waals surface area contributed by atoms with Gasteiger partial charge in [0.2, 0.25) is 0 Å². The Hall–Kier alpha value is -2.73. The molecule has 0 aliphatic carbocycles. The lowest BCUT2D eigenvalue weighted by atomic mass is 10.2. The molecule has 130 valence electrons. The van der Waals surface area contributed by atoms with Gasteiger partial charge in [-0.25, -0.2) is 9.59 Å². The van der Waals surface area contributed by atoms with Gasteiger partial charge in [0.25, 0.3) is 0 Å². The molecule has 0 radical (unpaired) electrons. The van der Waals surface area contributed by atoms with E-state index in [-0.39, 0.29) is 12.1 Å². The fraction of sp³-hybridized carbons (Fsp3) is 0.222. The second kappa shape index (κ2) is 7.44. The van der Waals surface area contributed by atoms with Gasteiger partial charge in [-0.05, 0) is 48.9 Å². The van der Waals surface area contributed by atoms with E-state index in [1.807, 2.05) is 12.1 Å². The number of amides is 4. The van der Waals surface area contributed by atoms with Crippen LogP contribution in [0.4, 0.5) is 26.7 Å². The molecular formula is C18H19ClN4O2. The van der Waals surface area contributed by atoms with E-state index >= 15 is 0 Å². The quantitative estimate of drug-likeness (QED) is 0.861. The highest BCUT2D eigenvalue weighted by Gasteiger charge is 2.23. The fourth-order valence-corrected chi connectivity index (χ4v) is 2.88. The van der Waals surface area contributed by atoms with Crippen LogP contribution in [0.15, 0.2) is 48.5 Å². The summed E-state index contributed by atoms with van der Waals surface area (Å²) in [4.78, 5) is 27.7. The van der Waals surface area contributed by atoms with Crippen LogP contribution in [0, 0.1) is 0 Å². The number of carbonyl (C=O) groups excluding carboxylic acids is 2. The third-order valence-electron chi connectivity index (χ3n) is 3.95. The second-order valence-electron chi connectivity index (χ2n) is 5.85. The standard InChI is InChI=1S/C18H19ClN4O2/c1-22-10-3-11-23(18(22)25)16-8-6-14(7-9-16)20-17(24)21-15-5-2-4-13(19)12-15/h2,4-9,12H,3,10-11H2,1H3,(H2,20,21,24). The maximum atomic E-state index is 12.2. The number of benzene rings is 2. The van der Waals surface area contributed by atoms with Gasteiger partial charge in [0.15, 0.2) is 0 Å². The molecule has 0 saturated carbocycles. The molecule has 0 bridgehead atoms. The summed E-state index contributed by atoms with van der Waals surface area (Å²) < 4.78 is 0. The first-order valence-corrected chi connectivity index (χ1v) is 8.37. The van der Waals surface area contributed by atoms with Crippen molar-refractivity contribution >= 4 is 40.7 Å². The molecule has 2 N–H and O–H groups in total. The van der Waals surface area contributed by atoms with Crippen LogP contribution in [0.25, 0.3) is 0 Å². The molecule has 1 fully saturated rings. The van der Waals surface area contributed by atoms with Gasteiger partial charge in [-0.15, -0.1) is 0 Å². The molecular weight excluding hydrogens is 340 g/mol. The Bertz CT molecular complexity index is 779. The van der Waals surface area contributed by atoms with Gasteiger partial charge in [-0.2, -0.15) is 0 Å². The zero-order valence-corrected chi connectivity index (χ0v) is 14.6. The van der Waals surface area contributed by atoms with Crippen LogP contribution in [0.2, 0.25) is 5.02 Å². The van der Waals surface area contributed by atoms with Crippen LogP contribution in [-0.4, -0.2) is 37.1 Å². The number of nitrogens with zero attached hydrogens (tertiary/aromatic N) is 2. The Labute approximate surface area is 151 Å². The molecule has 2 aromatic rings. The zero-order valence-electron chi connectivity index (χ0n) is 13.8. The summed E-state index contributed by atoms with van der Waals surface area (Å²) in [6.45, 7) is 1.48. The molecule has 0 spiro atoms. The van der Waals surface area contributed by atoms with Gasteiger partial charge in [0.1, 0.15) is 0 Å². The molecule has 2 aromatic carbocycles. The summed E-state index contributed by atoms with van der Waals surface area (Å²) in [6, 6.07) is 13.8. The van der Waals surface area contributed by atoms with Crippen molar-refractivity contribution in [2.75, 3.05) is 35.7 Å². The fourth-order valence-electron chi connectivity index (χ4n) is 2.69. The SMILES string of the molecule is CN1CCCN(c2ccc(NC(=O)Nc3cccc(Cl)c3)cc2)C1=O. The third kappa shape index (κ3) is 4.22. The number of urea groups is 2. The molecule has 1 aliphatic rings. The molecule has 25 heavy (non-hydrogen) atoms. The summed E-state index contributed by atoms with van der Waals surface area (Å²) in [5, 5.41) is 6.02. The minimum Gasteiger partial charge on any atom is -0.327 e. The van der Waals surface area contributed by atoms with E-state index in [4.69, 9.17) is 11.6 Å². The van der Waals surface area contributed by atoms with Crippen LogP contribution in [0.5, 0.6) is 0 Å². The highest BCUT2D eigenvalue weighted by atomic mass is 35.5. The number of nitrogens with one attached hydrogen (secondary N) is 2. The normalized spacial score (nSPS) is 14.4. The zero-order chi connectivity index (χ0) is 17.8. The first-order chi connectivity index (χ1) is 12.0. The van der Waals surface area contributed by atoms with Crippen molar-refractivity contribution in [1.29, 1.82) is 0 Å². The van der Waals surface area contributed by atoms with Gasteiger partial charge in [0, 0.05) is 42.2 Å². The van der Waals surface area contributed by atoms with Gasteiger partial charge < -0.3 is 15.5 Å². The largest absolute Gasteiger partial charge is 0.327 e. The Kier molecular flexibility index (Phi) is 5.09. The lowest BCUT2D eigenvalue weighted by molar-refractivity contribution is 0.207. The average molecular weight is 359 g/mol. The molecule has 7 heteroatoms. The predicted molar refractivity (Wildman–Crippen MR) is 101 cm³/mol. The van der Waals surface area contributed by atoms with Gasteiger partial charge in [-0.3, -0.25) is 4.90 Å². The first kappa shape index (κ1) is 17.1. The van der Waals surface area contributed by atoms with Crippen molar-refractivity contribution < 1.29 is 9.59 Å². The molecule has 1 heterocycles. The average Bonchev–Trinajstić information content (AvgIpc) is 2.58. The van der Waals surface area contributed by atoms with Crippen molar-refractivity contribution in [3.8, 4) is 0 Å². The number of rotatable bonds is 3. The van der Waals surface area contributed by atoms with Crippen molar-refractivity contribution in [2.24, 2.45) is 0 Å². The maximum Gasteiger partial charge on any atom is 0.324 e. The van der Waals surface area contributed by atoms with E-state index in [0.717, 1.165) is 18.7 Å². The van der Waals surface area contributed by atoms with Crippen LogP contribution < -0.4 is 15.5 Å². The molecule has 6 nitrogen and oxygen atoms in total. The van der Waals surface area contributed by atoms with Gasteiger partial charge >= 0.3 is 12.1 Å². The van der Waals surface area contributed by atoms with Gasteiger partial charge in [-0.1, -0.05) is 17.7 Å². The second-order valence-corrected chi connectivity index (χ2v) is 6.28. The van der Waals surface area contributed by atoms with Crippen LogP contribution in [-0.2, 0) is 0 Å². The molecule has 3 rings (SSSR count). The van der Waals surface area contributed by atoms with Crippen molar-refractivity contribution in [3.63, 3.8) is 0 Å². The van der Waals surface area contributed by atoms with E-state index in [2.05, 4.69) is 10.6 Å². The summed E-state index contributed by atoms with van der Waals surface area (Å²) in [5.41, 5.74) is 2.07. The Morgan fingerprint density at radius 1 is 1.04 bits per heavy atom. The lowest BCUT2D eigenvalue weighted by Crippen LogP contribution is -2.47. The topological polar surface area (TPSA) is 64.7 Å². The van der Waals surface area contributed by atoms with E-state index in [0.29, 0.717) is 22.9 Å². The molecule has 0 atom stereocenters. The van der Waals surface area contributed by atoms with Crippen molar-refractivity contribution in [2.45, 2.75) is 6.42 Å². The molecule has 1 aliphatic heterocycles. The molecule has 1 saturated heterocycles. The summed E-state index contributed by atoms with van der Waals surface area (Å²) in [7, 11) is 1.80. The minimum atomic E-state index is -0.358. The predicted octanol–water partition coefficient (Wildman–Crippen LogP) is 4.25. The number of anilines is 3. The summed E-state index contributed by atoms with van der Waals surface area (Å²) in [5.74, 6) is 0. The monoisotopic (exact) mass is 358 g/mol. The minimum absolute atomic E-state index is 0.00865. The summed E-state index contributed by atoms with van der Waals surface area (Å²) in [6.07, 6.45) is 0.935. The number of halogens is 1. The third-order valence-corrected chi connectivity index (χ3v) is 4.19. The molecule has 0 aromatic heterocycles. The van der Waals surface area contributed by atoms with Crippen molar-refractivity contribution in [3.05, 3.63) is 53.6 Å². The highest BCUT2D eigenvalue weighted by molar-refractivity contribution is 6.30. The number of hydrogen-bond acceptors (Lipinski definition) is 2.